The highest BCUT2D eigenvalue weighted by Crippen LogP contribution is 2.30. The maximum Gasteiger partial charge on any atom is 0.241 e. The summed E-state index contributed by atoms with van der Waals surface area (Å²) in [5.41, 5.74) is 1.87. The van der Waals surface area contributed by atoms with E-state index in [1.54, 1.807) is 24.8 Å². The fraction of sp³-hybridized carbons (Fsp3) is 0.158. The van der Waals surface area contributed by atoms with Crippen LogP contribution in [0.4, 0.5) is 5.69 Å². The number of imidazole rings is 1. The van der Waals surface area contributed by atoms with Gasteiger partial charge in [-0.25, -0.2) is 13.4 Å². The van der Waals surface area contributed by atoms with Gasteiger partial charge in [-0.05, 0) is 29.8 Å². The first-order valence-electron chi connectivity index (χ1n) is 8.51. The van der Waals surface area contributed by atoms with Crippen LogP contribution in [0.3, 0.4) is 0 Å². The van der Waals surface area contributed by atoms with Gasteiger partial charge in [-0.15, -0.1) is 0 Å². The minimum absolute atomic E-state index is 0.149. The van der Waals surface area contributed by atoms with E-state index in [1.165, 1.54) is 12.1 Å². The van der Waals surface area contributed by atoms with Crippen LogP contribution in [0.2, 0.25) is 10.0 Å². The highest BCUT2D eigenvalue weighted by Gasteiger charge is 2.23. The van der Waals surface area contributed by atoms with E-state index in [1.807, 2.05) is 28.8 Å². The van der Waals surface area contributed by atoms with Crippen molar-refractivity contribution in [1.82, 2.24) is 14.9 Å². The van der Waals surface area contributed by atoms with Gasteiger partial charge in [-0.2, -0.15) is 0 Å². The molecule has 0 unspecified atom stereocenters. The number of benzene rings is 2. The van der Waals surface area contributed by atoms with Crippen molar-refractivity contribution in [2.24, 2.45) is 0 Å². The Hall–Kier alpha value is -2.55. The first-order valence-corrected chi connectivity index (χ1v) is 11.1. The zero-order chi connectivity index (χ0) is 21.0. The molecule has 1 aromatic heterocycles. The Kier molecular flexibility index (Phi) is 6.46. The summed E-state index contributed by atoms with van der Waals surface area (Å²) in [4.78, 5) is 16.6. The fourth-order valence-corrected chi connectivity index (χ4v) is 4.05. The second-order valence-corrected chi connectivity index (χ2v) is 8.99. The third-order valence-electron chi connectivity index (χ3n) is 4.11. The van der Waals surface area contributed by atoms with Crippen LogP contribution < -0.4 is 9.62 Å². The topological polar surface area (TPSA) is 84.3 Å². The number of hydrogen-bond acceptors (Lipinski definition) is 4. The van der Waals surface area contributed by atoms with Crippen LogP contribution in [0.25, 0.3) is 5.69 Å². The molecule has 10 heteroatoms. The van der Waals surface area contributed by atoms with Gasteiger partial charge in [0.1, 0.15) is 6.54 Å². The van der Waals surface area contributed by atoms with Gasteiger partial charge in [0, 0.05) is 24.0 Å². The van der Waals surface area contributed by atoms with Gasteiger partial charge in [0.05, 0.1) is 29.0 Å². The second-order valence-electron chi connectivity index (χ2n) is 6.24. The van der Waals surface area contributed by atoms with Crippen molar-refractivity contribution >= 4 is 44.8 Å². The summed E-state index contributed by atoms with van der Waals surface area (Å²) in [7, 11) is -3.76. The SMILES string of the molecule is CS(=O)(=O)N(CC(=O)NCc1ccccc1-n1ccnc1)c1cc(Cl)ccc1Cl. The number of anilines is 1. The number of rotatable bonds is 7. The number of hydrogen-bond donors (Lipinski definition) is 1. The Balaban J connectivity index is 1.77. The lowest BCUT2D eigenvalue weighted by Crippen LogP contribution is -2.40. The molecule has 29 heavy (non-hydrogen) atoms. The average molecular weight is 453 g/mol. The van der Waals surface area contributed by atoms with E-state index in [-0.39, 0.29) is 17.3 Å². The van der Waals surface area contributed by atoms with Crippen molar-refractivity contribution in [2.75, 3.05) is 17.1 Å². The molecular weight excluding hydrogens is 435 g/mol. The number of nitrogens with zero attached hydrogens (tertiary/aromatic N) is 3. The number of aromatic nitrogens is 2. The van der Waals surface area contributed by atoms with Gasteiger partial charge < -0.3 is 9.88 Å². The summed E-state index contributed by atoms with van der Waals surface area (Å²) >= 11 is 12.1. The minimum Gasteiger partial charge on any atom is -0.350 e. The Bertz CT molecular complexity index is 1120. The third kappa shape index (κ3) is 5.29. The summed E-state index contributed by atoms with van der Waals surface area (Å²) in [6, 6.07) is 11.9. The van der Waals surface area contributed by atoms with E-state index >= 15 is 0 Å². The molecule has 0 aliphatic carbocycles. The lowest BCUT2D eigenvalue weighted by atomic mass is 10.1. The standard InChI is InChI=1S/C19H18Cl2N4O3S/c1-29(27,28)25(18-10-15(20)6-7-16(18)21)12-19(26)23-11-14-4-2-3-5-17(14)24-9-8-22-13-24/h2-10,13H,11-12H2,1H3,(H,23,26). The first kappa shape index (κ1) is 21.2. The maximum absolute atomic E-state index is 12.5. The molecule has 3 aromatic rings. The van der Waals surface area contributed by atoms with E-state index in [9.17, 15) is 13.2 Å². The first-order chi connectivity index (χ1) is 13.8. The average Bonchev–Trinajstić information content (AvgIpc) is 3.20. The number of amides is 1. The maximum atomic E-state index is 12.5. The normalized spacial score (nSPS) is 11.3. The summed E-state index contributed by atoms with van der Waals surface area (Å²) in [5.74, 6) is -0.480. The lowest BCUT2D eigenvalue weighted by molar-refractivity contribution is -0.119. The molecule has 0 radical (unpaired) electrons. The third-order valence-corrected chi connectivity index (χ3v) is 5.80. The number of nitrogens with one attached hydrogen (secondary N) is 1. The van der Waals surface area contributed by atoms with Crippen LogP contribution in [-0.2, 0) is 21.4 Å². The van der Waals surface area contributed by atoms with Crippen LogP contribution >= 0.6 is 23.2 Å². The Morgan fingerprint density at radius 1 is 1.21 bits per heavy atom. The molecule has 0 atom stereocenters. The molecule has 0 spiro atoms. The molecule has 0 aliphatic rings. The van der Waals surface area contributed by atoms with Gasteiger partial charge in [-0.1, -0.05) is 41.4 Å². The van der Waals surface area contributed by atoms with Crippen LogP contribution in [0.5, 0.6) is 0 Å². The van der Waals surface area contributed by atoms with Gasteiger partial charge >= 0.3 is 0 Å². The second kappa shape index (κ2) is 8.86. The number of sulfonamides is 1. The molecule has 3 rings (SSSR count). The van der Waals surface area contributed by atoms with E-state index < -0.39 is 22.5 Å². The van der Waals surface area contributed by atoms with E-state index in [0.29, 0.717) is 5.02 Å². The fourth-order valence-electron chi connectivity index (χ4n) is 2.75. The summed E-state index contributed by atoms with van der Waals surface area (Å²) in [6.07, 6.45) is 6.13. The molecule has 0 bridgehead atoms. The number of halogens is 2. The van der Waals surface area contributed by atoms with Gasteiger partial charge in [-0.3, -0.25) is 9.10 Å². The minimum atomic E-state index is -3.76. The van der Waals surface area contributed by atoms with Crippen molar-refractivity contribution in [3.8, 4) is 5.69 Å². The molecule has 1 N–H and O–H groups in total. The summed E-state index contributed by atoms with van der Waals surface area (Å²) < 4.78 is 27.3. The molecule has 0 saturated heterocycles. The molecule has 152 valence electrons. The quantitative estimate of drug-likeness (QED) is 0.595. The largest absolute Gasteiger partial charge is 0.350 e. The van der Waals surface area contributed by atoms with E-state index in [0.717, 1.165) is 21.8 Å². The summed E-state index contributed by atoms with van der Waals surface area (Å²) in [6.45, 7) is -0.208. The van der Waals surface area contributed by atoms with Crippen LogP contribution in [0, 0.1) is 0 Å². The summed E-state index contributed by atoms with van der Waals surface area (Å²) in [5, 5.41) is 3.24. The highest BCUT2D eigenvalue weighted by molar-refractivity contribution is 7.92. The molecular formula is C19H18Cl2N4O3S. The van der Waals surface area contributed by atoms with Crippen molar-refractivity contribution in [3.05, 3.63) is 76.8 Å². The molecule has 1 heterocycles. The molecule has 7 nitrogen and oxygen atoms in total. The van der Waals surface area contributed by atoms with Crippen LogP contribution in [-0.4, -0.2) is 36.7 Å². The molecule has 1 amide bonds. The molecule has 0 aliphatic heterocycles. The predicted molar refractivity (Wildman–Crippen MR) is 114 cm³/mol. The Labute approximate surface area is 178 Å². The van der Waals surface area contributed by atoms with Gasteiger partial charge in [0.15, 0.2) is 0 Å². The van der Waals surface area contributed by atoms with Crippen molar-refractivity contribution < 1.29 is 13.2 Å². The van der Waals surface area contributed by atoms with Gasteiger partial charge in [0.25, 0.3) is 0 Å². The van der Waals surface area contributed by atoms with E-state index in [4.69, 9.17) is 23.2 Å². The highest BCUT2D eigenvalue weighted by atomic mass is 35.5. The number of carbonyl (C=O) groups is 1. The predicted octanol–water partition coefficient (Wildman–Crippen LogP) is 3.26. The van der Waals surface area contributed by atoms with Gasteiger partial charge in [0.2, 0.25) is 15.9 Å². The molecule has 0 fully saturated rings. The van der Waals surface area contributed by atoms with E-state index in [2.05, 4.69) is 10.3 Å². The molecule has 0 saturated carbocycles. The Morgan fingerprint density at radius 3 is 2.66 bits per heavy atom. The lowest BCUT2D eigenvalue weighted by Gasteiger charge is -2.23. The van der Waals surface area contributed by atoms with Crippen molar-refractivity contribution in [2.45, 2.75) is 6.54 Å². The number of para-hydroxylation sites is 1. The zero-order valence-electron chi connectivity index (χ0n) is 15.4. The van der Waals surface area contributed by atoms with Crippen molar-refractivity contribution in [3.63, 3.8) is 0 Å². The van der Waals surface area contributed by atoms with Crippen molar-refractivity contribution in [1.29, 1.82) is 0 Å². The number of carbonyl (C=O) groups excluding carboxylic acids is 1. The zero-order valence-corrected chi connectivity index (χ0v) is 17.7. The Morgan fingerprint density at radius 2 is 1.97 bits per heavy atom. The smallest absolute Gasteiger partial charge is 0.241 e. The molecule has 2 aromatic carbocycles. The monoisotopic (exact) mass is 452 g/mol. The van der Waals surface area contributed by atoms with Crippen LogP contribution in [0.1, 0.15) is 5.56 Å². The van der Waals surface area contributed by atoms with Crippen LogP contribution in [0.15, 0.2) is 61.2 Å².